The van der Waals surface area contributed by atoms with E-state index in [4.69, 9.17) is 4.74 Å². The number of hydrogen-bond donors (Lipinski definition) is 0. The van der Waals surface area contributed by atoms with Crippen molar-refractivity contribution >= 4 is 0 Å². The standard InChI is InChI=1S/C12H25FO/c1-11(2,3)9-10(13)7-8-14-12(4,5)6/h10H,7-9H2,1-6H3. The summed E-state index contributed by atoms with van der Waals surface area (Å²) in [4.78, 5) is 0. The third kappa shape index (κ3) is 9.97. The number of rotatable bonds is 4. The Kier molecular flexibility index (Phi) is 5.07. The summed E-state index contributed by atoms with van der Waals surface area (Å²) < 4.78 is 18.9. The second kappa shape index (κ2) is 5.11. The molecule has 0 radical (unpaired) electrons. The van der Waals surface area contributed by atoms with Crippen molar-refractivity contribution in [2.24, 2.45) is 5.41 Å². The van der Waals surface area contributed by atoms with E-state index < -0.39 is 6.17 Å². The smallest absolute Gasteiger partial charge is 0.103 e. The molecule has 0 fully saturated rings. The lowest BCUT2D eigenvalue weighted by atomic mass is 9.89. The minimum absolute atomic E-state index is 0.0706. The lowest BCUT2D eigenvalue weighted by Crippen LogP contribution is -2.22. The summed E-state index contributed by atoms with van der Waals surface area (Å²) in [6.45, 7) is 12.7. The summed E-state index contributed by atoms with van der Waals surface area (Å²) in [6, 6.07) is 0. The summed E-state index contributed by atoms with van der Waals surface area (Å²) in [5.74, 6) is 0. The first-order chi connectivity index (χ1) is 6.10. The van der Waals surface area contributed by atoms with Crippen LogP contribution in [0.1, 0.15) is 54.4 Å². The third-order valence-corrected chi connectivity index (χ3v) is 1.80. The zero-order valence-corrected chi connectivity index (χ0v) is 10.5. The first-order valence-corrected chi connectivity index (χ1v) is 5.38. The Balaban J connectivity index is 3.60. The summed E-state index contributed by atoms with van der Waals surface area (Å²) in [6.07, 6.45) is 0.382. The van der Waals surface area contributed by atoms with Crippen LogP contribution in [0.15, 0.2) is 0 Å². The van der Waals surface area contributed by atoms with E-state index in [-0.39, 0.29) is 11.0 Å². The Morgan fingerprint density at radius 1 is 1.07 bits per heavy atom. The van der Waals surface area contributed by atoms with Gasteiger partial charge in [-0.05, 0) is 32.6 Å². The highest BCUT2D eigenvalue weighted by Crippen LogP contribution is 2.24. The predicted octanol–water partition coefficient (Wildman–Crippen LogP) is 3.97. The first-order valence-electron chi connectivity index (χ1n) is 5.38. The molecule has 0 amide bonds. The number of alkyl halides is 1. The van der Waals surface area contributed by atoms with Crippen molar-refractivity contribution in [1.29, 1.82) is 0 Å². The van der Waals surface area contributed by atoms with Crippen LogP contribution in [0.25, 0.3) is 0 Å². The van der Waals surface area contributed by atoms with Gasteiger partial charge in [0, 0.05) is 6.42 Å². The normalized spacial score (nSPS) is 15.6. The van der Waals surface area contributed by atoms with E-state index >= 15 is 0 Å². The Hall–Kier alpha value is -0.110. The van der Waals surface area contributed by atoms with Gasteiger partial charge in [-0.1, -0.05) is 20.8 Å². The van der Waals surface area contributed by atoms with Gasteiger partial charge in [0.1, 0.15) is 6.17 Å². The summed E-state index contributed by atoms with van der Waals surface area (Å²) in [5, 5.41) is 0. The van der Waals surface area contributed by atoms with Gasteiger partial charge >= 0.3 is 0 Å². The fourth-order valence-electron chi connectivity index (χ4n) is 1.26. The lowest BCUT2D eigenvalue weighted by Gasteiger charge is -2.23. The highest BCUT2D eigenvalue weighted by molar-refractivity contribution is 4.69. The van der Waals surface area contributed by atoms with Gasteiger partial charge in [-0.2, -0.15) is 0 Å². The number of ether oxygens (including phenoxy) is 1. The third-order valence-electron chi connectivity index (χ3n) is 1.80. The monoisotopic (exact) mass is 204 g/mol. The molecule has 0 N–H and O–H groups in total. The van der Waals surface area contributed by atoms with Crippen molar-refractivity contribution in [3.63, 3.8) is 0 Å². The van der Waals surface area contributed by atoms with Gasteiger partial charge in [-0.15, -0.1) is 0 Å². The largest absolute Gasteiger partial charge is 0.376 e. The van der Waals surface area contributed by atoms with Crippen molar-refractivity contribution in [2.75, 3.05) is 6.61 Å². The van der Waals surface area contributed by atoms with Crippen molar-refractivity contribution in [3.05, 3.63) is 0 Å². The summed E-state index contributed by atoms with van der Waals surface area (Å²) in [5.41, 5.74) is -0.0808. The quantitative estimate of drug-likeness (QED) is 0.673. The Bertz CT molecular complexity index is 153. The van der Waals surface area contributed by atoms with Crippen LogP contribution in [0.4, 0.5) is 4.39 Å². The number of halogens is 1. The Labute approximate surface area is 88.0 Å². The van der Waals surface area contributed by atoms with E-state index in [2.05, 4.69) is 20.8 Å². The second-order valence-corrected chi connectivity index (χ2v) is 6.11. The Morgan fingerprint density at radius 2 is 1.57 bits per heavy atom. The topological polar surface area (TPSA) is 9.23 Å². The molecule has 2 heteroatoms. The molecule has 0 aromatic rings. The van der Waals surface area contributed by atoms with Crippen LogP contribution in [-0.4, -0.2) is 18.4 Å². The molecule has 0 aliphatic heterocycles. The average molecular weight is 204 g/mol. The maximum Gasteiger partial charge on any atom is 0.103 e. The highest BCUT2D eigenvalue weighted by Gasteiger charge is 2.19. The molecule has 1 atom stereocenters. The lowest BCUT2D eigenvalue weighted by molar-refractivity contribution is -0.0134. The van der Waals surface area contributed by atoms with Gasteiger partial charge in [0.2, 0.25) is 0 Å². The molecule has 0 aromatic heterocycles. The van der Waals surface area contributed by atoms with Crippen LogP contribution in [0.5, 0.6) is 0 Å². The first kappa shape index (κ1) is 13.9. The molecule has 0 saturated heterocycles. The fraction of sp³-hybridized carbons (Fsp3) is 1.00. The molecule has 14 heavy (non-hydrogen) atoms. The van der Waals surface area contributed by atoms with E-state index in [9.17, 15) is 4.39 Å². The molecule has 0 spiro atoms. The molecule has 0 aliphatic rings. The van der Waals surface area contributed by atoms with Gasteiger partial charge in [-0.25, -0.2) is 4.39 Å². The van der Waals surface area contributed by atoms with Crippen LogP contribution in [-0.2, 0) is 4.74 Å². The van der Waals surface area contributed by atoms with Crippen LogP contribution in [0, 0.1) is 5.41 Å². The molecule has 0 aromatic carbocycles. The van der Waals surface area contributed by atoms with E-state index in [1.54, 1.807) is 0 Å². The molecule has 0 heterocycles. The van der Waals surface area contributed by atoms with Crippen molar-refractivity contribution in [3.8, 4) is 0 Å². The van der Waals surface area contributed by atoms with Gasteiger partial charge in [-0.3, -0.25) is 0 Å². The molecule has 1 nitrogen and oxygen atoms in total. The van der Waals surface area contributed by atoms with E-state index in [1.165, 1.54) is 0 Å². The molecular formula is C12H25FO. The van der Waals surface area contributed by atoms with Crippen molar-refractivity contribution in [2.45, 2.75) is 66.2 Å². The van der Waals surface area contributed by atoms with Gasteiger partial charge in [0.05, 0.1) is 12.2 Å². The Morgan fingerprint density at radius 3 is 1.93 bits per heavy atom. The van der Waals surface area contributed by atoms with Gasteiger partial charge < -0.3 is 4.74 Å². The molecule has 0 rings (SSSR count). The molecule has 86 valence electrons. The molecule has 0 aliphatic carbocycles. The van der Waals surface area contributed by atoms with Crippen LogP contribution < -0.4 is 0 Å². The number of hydrogen-bond acceptors (Lipinski definition) is 1. The highest BCUT2D eigenvalue weighted by atomic mass is 19.1. The van der Waals surface area contributed by atoms with E-state index in [0.29, 0.717) is 19.4 Å². The van der Waals surface area contributed by atoms with Crippen LogP contribution in [0.3, 0.4) is 0 Å². The van der Waals surface area contributed by atoms with Gasteiger partial charge in [0.15, 0.2) is 0 Å². The summed E-state index contributed by atoms with van der Waals surface area (Å²) in [7, 11) is 0. The fourth-order valence-corrected chi connectivity index (χ4v) is 1.26. The maximum atomic E-state index is 13.4. The maximum absolute atomic E-state index is 13.4. The molecule has 0 bridgehead atoms. The van der Waals surface area contributed by atoms with Crippen molar-refractivity contribution < 1.29 is 9.13 Å². The zero-order chi connectivity index (χ0) is 11.4. The van der Waals surface area contributed by atoms with Gasteiger partial charge in [0.25, 0.3) is 0 Å². The molecular weight excluding hydrogens is 179 g/mol. The summed E-state index contributed by atoms with van der Waals surface area (Å²) >= 11 is 0. The minimum Gasteiger partial charge on any atom is -0.376 e. The van der Waals surface area contributed by atoms with Crippen molar-refractivity contribution in [1.82, 2.24) is 0 Å². The van der Waals surface area contributed by atoms with E-state index in [1.807, 2.05) is 20.8 Å². The molecule has 1 unspecified atom stereocenters. The average Bonchev–Trinajstić information content (AvgIpc) is 1.78. The second-order valence-electron chi connectivity index (χ2n) is 6.11. The minimum atomic E-state index is -0.739. The van der Waals surface area contributed by atoms with E-state index in [0.717, 1.165) is 0 Å². The van der Waals surface area contributed by atoms with Crippen LogP contribution in [0.2, 0.25) is 0 Å². The molecule has 0 saturated carbocycles. The predicted molar refractivity (Wildman–Crippen MR) is 59.3 cm³/mol. The zero-order valence-electron chi connectivity index (χ0n) is 10.5. The SMILES string of the molecule is CC(C)(C)CC(F)CCOC(C)(C)C. The van der Waals surface area contributed by atoms with Crippen LogP contribution >= 0.6 is 0 Å².